The molecule has 16 heavy (non-hydrogen) atoms. The number of aromatic nitrogens is 2. The van der Waals surface area contributed by atoms with Crippen LogP contribution in [-0.4, -0.2) is 33.3 Å². The fourth-order valence-electron chi connectivity index (χ4n) is 1.39. The average molecular weight is 227 g/mol. The zero-order chi connectivity index (χ0) is 12.1. The first kappa shape index (κ1) is 12.7. The molecule has 90 valence electrons. The van der Waals surface area contributed by atoms with Gasteiger partial charge in [-0.3, -0.25) is 4.79 Å². The van der Waals surface area contributed by atoms with E-state index >= 15 is 0 Å². The Kier molecular flexibility index (Phi) is 4.45. The van der Waals surface area contributed by atoms with Crippen LogP contribution in [-0.2, 0) is 16.1 Å². The minimum atomic E-state index is -1.10. The highest BCUT2D eigenvalue weighted by Crippen LogP contribution is 2.16. The number of nitrogens with two attached hydrogens (primary N) is 1. The first-order chi connectivity index (χ1) is 7.61. The van der Waals surface area contributed by atoms with E-state index in [4.69, 9.17) is 10.5 Å². The molecular formula is C10H17N3O3. The Morgan fingerprint density at radius 1 is 1.69 bits per heavy atom. The van der Waals surface area contributed by atoms with Gasteiger partial charge in [0.2, 0.25) is 0 Å². The maximum atomic E-state index is 11.3. The SMILES string of the molecule is CCOC(=O)C(N)C(O)c1cncn1CC. The Bertz CT molecular complexity index is 351. The summed E-state index contributed by atoms with van der Waals surface area (Å²) in [5.41, 5.74) is 6.11. The van der Waals surface area contributed by atoms with Gasteiger partial charge in [-0.25, -0.2) is 4.98 Å². The van der Waals surface area contributed by atoms with Crippen molar-refractivity contribution in [1.29, 1.82) is 0 Å². The van der Waals surface area contributed by atoms with Crippen LogP contribution < -0.4 is 5.73 Å². The number of aliphatic hydroxyl groups is 1. The van der Waals surface area contributed by atoms with Crippen LogP contribution in [0.1, 0.15) is 25.6 Å². The Morgan fingerprint density at radius 2 is 2.38 bits per heavy atom. The molecule has 2 unspecified atom stereocenters. The van der Waals surface area contributed by atoms with Crippen LogP contribution in [0.25, 0.3) is 0 Å². The summed E-state index contributed by atoms with van der Waals surface area (Å²) in [6.45, 7) is 4.50. The van der Waals surface area contributed by atoms with E-state index in [0.29, 0.717) is 12.2 Å². The molecule has 0 aliphatic rings. The van der Waals surface area contributed by atoms with E-state index in [1.807, 2.05) is 6.92 Å². The van der Waals surface area contributed by atoms with Gasteiger partial charge in [-0.15, -0.1) is 0 Å². The molecule has 2 atom stereocenters. The molecule has 0 aromatic carbocycles. The number of nitrogens with zero attached hydrogens (tertiary/aromatic N) is 2. The normalized spacial score (nSPS) is 14.5. The van der Waals surface area contributed by atoms with Gasteiger partial charge in [0, 0.05) is 6.54 Å². The maximum Gasteiger partial charge on any atom is 0.326 e. The van der Waals surface area contributed by atoms with Crippen LogP contribution in [0, 0.1) is 0 Å². The molecule has 1 aromatic rings. The van der Waals surface area contributed by atoms with Crippen LogP contribution in [0.3, 0.4) is 0 Å². The van der Waals surface area contributed by atoms with Crippen LogP contribution in [0.2, 0.25) is 0 Å². The molecule has 0 aliphatic heterocycles. The summed E-state index contributed by atoms with van der Waals surface area (Å²) in [6.07, 6.45) is 1.98. The minimum absolute atomic E-state index is 0.242. The second kappa shape index (κ2) is 5.62. The number of rotatable bonds is 5. The van der Waals surface area contributed by atoms with Gasteiger partial charge < -0.3 is 20.1 Å². The standard InChI is InChI=1S/C10H17N3O3/c1-3-13-6-12-5-7(13)9(14)8(11)10(15)16-4-2/h5-6,8-9,14H,3-4,11H2,1-2H3. The quantitative estimate of drug-likeness (QED) is 0.681. The highest BCUT2D eigenvalue weighted by Gasteiger charge is 2.27. The van der Waals surface area contributed by atoms with Gasteiger partial charge in [-0.05, 0) is 13.8 Å². The number of esters is 1. The lowest BCUT2D eigenvalue weighted by atomic mass is 10.1. The molecule has 0 saturated heterocycles. The van der Waals surface area contributed by atoms with E-state index in [2.05, 4.69) is 4.98 Å². The topological polar surface area (TPSA) is 90.4 Å². The van der Waals surface area contributed by atoms with Crippen molar-refractivity contribution in [1.82, 2.24) is 9.55 Å². The maximum absolute atomic E-state index is 11.3. The van der Waals surface area contributed by atoms with E-state index in [-0.39, 0.29) is 6.61 Å². The molecule has 0 aliphatic carbocycles. The number of hydrogen-bond acceptors (Lipinski definition) is 5. The van der Waals surface area contributed by atoms with Crippen molar-refractivity contribution in [3.05, 3.63) is 18.2 Å². The summed E-state index contributed by atoms with van der Waals surface area (Å²) in [5.74, 6) is -0.612. The highest BCUT2D eigenvalue weighted by atomic mass is 16.5. The van der Waals surface area contributed by atoms with Gasteiger partial charge >= 0.3 is 5.97 Å². The first-order valence-electron chi connectivity index (χ1n) is 5.22. The highest BCUT2D eigenvalue weighted by molar-refractivity contribution is 5.76. The van der Waals surface area contributed by atoms with Gasteiger partial charge in [0.15, 0.2) is 0 Å². The smallest absolute Gasteiger partial charge is 0.326 e. The van der Waals surface area contributed by atoms with Gasteiger partial charge in [0.05, 0.1) is 24.8 Å². The summed E-state index contributed by atoms with van der Waals surface area (Å²) >= 11 is 0. The number of imidazole rings is 1. The van der Waals surface area contributed by atoms with E-state index < -0.39 is 18.1 Å². The Balaban J connectivity index is 2.77. The summed E-state index contributed by atoms with van der Waals surface area (Å²) in [7, 11) is 0. The lowest BCUT2D eigenvalue weighted by Gasteiger charge is -2.18. The minimum Gasteiger partial charge on any atom is -0.465 e. The molecule has 0 bridgehead atoms. The molecule has 0 saturated carbocycles. The molecule has 0 amide bonds. The monoisotopic (exact) mass is 227 g/mol. The number of aliphatic hydroxyl groups excluding tert-OH is 1. The zero-order valence-electron chi connectivity index (χ0n) is 9.46. The van der Waals surface area contributed by atoms with Crippen LogP contribution in [0.15, 0.2) is 12.5 Å². The predicted octanol–water partition coefficient (Wildman–Crippen LogP) is -0.173. The van der Waals surface area contributed by atoms with Crippen molar-refractivity contribution >= 4 is 5.97 Å². The Labute approximate surface area is 94.0 Å². The molecule has 1 aromatic heterocycles. The van der Waals surface area contributed by atoms with Gasteiger partial charge in [0.1, 0.15) is 12.1 Å². The van der Waals surface area contributed by atoms with Gasteiger partial charge in [0.25, 0.3) is 0 Å². The van der Waals surface area contributed by atoms with Crippen molar-refractivity contribution in [2.45, 2.75) is 32.5 Å². The number of ether oxygens (including phenoxy) is 1. The third-order valence-electron chi connectivity index (χ3n) is 2.29. The molecule has 0 fully saturated rings. The van der Waals surface area contributed by atoms with E-state index in [0.717, 1.165) is 0 Å². The summed E-state index contributed by atoms with van der Waals surface area (Å²) in [5, 5.41) is 9.90. The fraction of sp³-hybridized carbons (Fsp3) is 0.600. The fourth-order valence-corrected chi connectivity index (χ4v) is 1.39. The van der Waals surface area contributed by atoms with E-state index in [9.17, 15) is 9.90 Å². The Hall–Kier alpha value is -1.40. The molecule has 1 rings (SSSR count). The lowest BCUT2D eigenvalue weighted by molar-refractivity contribution is -0.147. The molecule has 0 spiro atoms. The predicted molar refractivity (Wildman–Crippen MR) is 57.5 cm³/mol. The summed E-state index contributed by atoms with van der Waals surface area (Å²) in [6, 6.07) is -1.08. The third-order valence-corrected chi connectivity index (χ3v) is 2.29. The molecule has 6 nitrogen and oxygen atoms in total. The zero-order valence-corrected chi connectivity index (χ0v) is 9.46. The summed E-state index contributed by atoms with van der Waals surface area (Å²) in [4.78, 5) is 15.2. The van der Waals surface area contributed by atoms with Crippen molar-refractivity contribution in [3.8, 4) is 0 Å². The van der Waals surface area contributed by atoms with Crippen molar-refractivity contribution in [2.75, 3.05) is 6.61 Å². The molecule has 3 N–H and O–H groups in total. The number of hydrogen-bond donors (Lipinski definition) is 2. The van der Waals surface area contributed by atoms with Gasteiger partial charge in [-0.2, -0.15) is 0 Å². The average Bonchev–Trinajstić information content (AvgIpc) is 2.75. The van der Waals surface area contributed by atoms with Crippen molar-refractivity contribution in [3.63, 3.8) is 0 Å². The second-order valence-electron chi connectivity index (χ2n) is 3.33. The molecular weight excluding hydrogens is 210 g/mol. The third kappa shape index (κ3) is 2.59. The van der Waals surface area contributed by atoms with Crippen LogP contribution in [0.5, 0.6) is 0 Å². The number of aryl methyl sites for hydroxylation is 1. The van der Waals surface area contributed by atoms with Gasteiger partial charge in [-0.1, -0.05) is 0 Å². The van der Waals surface area contributed by atoms with Crippen molar-refractivity contribution < 1.29 is 14.6 Å². The van der Waals surface area contributed by atoms with E-state index in [1.54, 1.807) is 17.8 Å². The Morgan fingerprint density at radius 3 is 2.94 bits per heavy atom. The molecule has 0 radical (unpaired) electrons. The van der Waals surface area contributed by atoms with E-state index in [1.165, 1.54) is 6.20 Å². The number of carbonyl (C=O) groups is 1. The molecule has 1 heterocycles. The summed E-state index contributed by atoms with van der Waals surface area (Å²) < 4.78 is 6.47. The lowest BCUT2D eigenvalue weighted by Crippen LogP contribution is -2.38. The van der Waals surface area contributed by atoms with Crippen molar-refractivity contribution in [2.24, 2.45) is 5.73 Å². The second-order valence-corrected chi connectivity index (χ2v) is 3.33. The van der Waals surface area contributed by atoms with Crippen LogP contribution in [0.4, 0.5) is 0 Å². The molecule has 6 heteroatoms. The number of carbonyl (C=O) groups excluding carboxylic acids is 1. The first-order valence-corrected chi connectivity index (χ1v) is 5.22. The largest absolute Gasteiger partial charge is 0.465 e. The van der Waals surface area contributed by atoms with Crippen LogP contribution >= 0.6 is 0 Å².